The van der Waals surface area contributed by atoms with Crippen LogP contribution in [0.15, 0.2) is 42.5 Å². The highest BCUT2D eigenvalue weighted by atomic mass is 35.5. The smallest absolute Gasteiger partial charge is 0.242 e. The first kappa shape index (κ1) is 30.7. The number of nitrogens with one attached hydrogen (secondary N) is 1. The Labute approximate surface area is 229 Å². The van der Waals surface area contributed by atoms with E-state index in [0.717, 1.165) is 16.1 Å². The summed E-state index contributed by atoms with van der Waals surface area (Å²) in [6.45, 7) is 7.51. The molecule has 0 heterocycles. The summed E-state index contributed by atoms with van der Waals surface area (Å²) in [6.07, 6.45) is 1.30. The molecule has 8 nitrogen and oxygen atoms in total. The number of nitrogens with zero attached hydrogens (tertiary/aromatic N) is 2. The molecule has 0 fully saturated rings. The van der Waals surface area contributed by atoms with Crippen molar-refractivity contribution in [3.8, 4) is 5.75 Å². The van der Waals surface area contributed by atoms with Gasteiger partial charge in [-0.05, 0) is 70.0 Å². The lowest BCUT2D eigenvalue weighted by molar-refractivity contribution is -0.141. The predicted octanol–water partition coefficient (Wildman–Crippen LogP) is 4.88. The van der Waals surface area contributed by atoms with Crippen molar-refractivity contribution in [2.75, 3.05) is 24.2 Å². The minimum Gasteiger partial charge on any atom is -0.497 e. The molecule has 0 aromatic heterocycles. The van der Waals surface area contributed by atoms with E-state index in [9.17, 15) is 18.0 Å². The van der Waals surface area contributed by atoms with Gasteiger partial charge in [-0.2, -0.15) is 0 Å². The van der Waals surface area contributed by atoms with Gasteiger partial charge in [0.25, 0.3) is 0 Å². The maximum absolute atomic E-state index is 13.4. The second-order valence-corrected chi connectivity index (χ2v) is 12.6. The Kier molecular flexibility index (Phi) is 10.7. The predicted molar refractivity (Wildman–Crippen MR) is 149 cm³/mol. The molecular formula is C26H35Cl2N3O5S. The number of anilines is 1. The van der Waals surface area contributed by atoms with Crippen LogP contribution in [0, 0.1) is 0 Å². The van der Waals surface area contributed by atoms with Gasteiger partial charge in [-0.15, -0.1) is 0 Å². The first-order valence-electron chi connectivity index (χ1n) is 11.8. The van der Waals surface area contributed by atoms with Crippen LogP contribution in [0.25, 0.3) is 0 Å². The van der Waals surface area contributed by atoms with E-state index in [1.807, 2.05) is 32.9 Å². The lowest BCUT2D eigenvalue weighted by atomic mass is 10.1. The fourth-order valence-corrected chi connectivity index (χ4v) is 5.05. The molecular weight excluding hydrogens is 537 g/mol. The molecule has 1 atom stereocenters. The zero-order chi connectivity index (χ0) is 28.0. The molecule has 0 saturated carbocycles. The van der Waals surface area contributed by atoms with E-state index in [4.69, 9.17) is 27.9 Å². The van der Waals surface area contributed by atoms with Crippen LogP contribution in [-0.2, 0) is 26.2 Å². The van der Waals surface area contributed by atoms with Gasteiger partial charge in [0, 0.05) is 30.1 Å². The summed E-state index contributed by atoms with van der Waals surface area (Å²) in [7, 11) is -2.12. The number of benzene rings is 2. The number of hydrogen-bond acceptors (Lipinski definition) is 5. The standard InChI is InChI=1S/C26H35Cl2N3O5S/c1-18(25(33)29-26(2,3)4)30(17-19-9-12-21(36-5)13-10-19)24(32)8-7-15-31(37(6,34)35)23-16-20(27)11-14-22(23)28/h9-14,16,18H,7-8,15,17H2,1-6H3,(H,29,33)/t18-/m1/s1. The third-order valence-corrected chi connectivity index (χ3v) is 7.24. The Balaban J connectivity index is 2.23. The van der Waals surface area contributed by atoms with Gasteiger partial charge in [-0.25, -0.2) is 8.42 Å². The molecule has 0 aliphatic carbocycles. The minimum atomic E-state index is -3.69. The lowest BCUT2D eigenvalue weighted by Gasteiger charge is -2.32. The molecule has 2 amide bonds. The molecule has 11 heteroatoms. The molecule has 0 spiro atoms. The van der Waals surface area contributed by atoms with Gasteiger partial charge in [-0.1, -0.05) is 35.3 Å². The van der Waals surface area contributed by atoms with E-state index in [2.05, 4.69) is 5.32 Å². The van der Waals surface area contributed by atoms with E-state index in [1.165, 1.54) is 17.0 Å². The van der Waals surface area contributed by atoms with Gasteiger partial charge in [-0.3, -0.25) is 13.9 Å². The number of sulfonamides is 1. The van der Waals surface area contributed by atoms with Crippen molar-refractivity contribution in [1.82, 2.24) is 10.2 Å². The van der Waals surface area contributed by atoms with Crippen LogP contribution in [-0.4, -0.2) is 56.6 Å². The average Bonchev–Trinajstić information content (AvgIpc) is 2.80. The van der Waals surface area contributed by atoms with Crippen molar-refractivity contribution >= 4 is 50.7 Å². The molecule has 37 heavy (non-hydrogen) atoms. The first-order valence-corrected chi connectivity index (χ1v) is 14.4. The Morgan fingerprint density at radius 1 is 1.08 bits per heavy atom. The van der Waals surface area contributed by atoms with Crippen LogP contribution in [0.1, 0.15) is 46.1 Å². The Morgan fingerprint density at radius 2 is 1.70 bits per heavy atom. The normalized spacial score (nSPS) is 12.5. The Hall–Kier alpha value is -2.49. The number of methoxy groups -OCH3 is 1. The number of rotatable bonds is 11. The summed E-state index contributed by atoms with van der Waals surface area (Å²) in [5, 5.41) is 3.49. The minimum absolute atomic E-state index is 0.0174. The second-order valence-electron chi connectivity index (χ2n) is 9.82. The van der Waals surface area contributed by atoms with Crippen molar-refractivity contribution in [3.63, 3.8) is 0 Å². The SMILES string of the molecule is COc1ccc(CN(C(=O)CCCN(c2cc(Cl)ccc2Cl)S(C)(=O)=O)[C@H](C)C(=O)NC(C)(C)C)cc1. The lowest BCUT2D eigenvalue weighted by Crippen LogP contribution is -2.52. The summed E-state index contributed by atoms with van der Waals surface area (Å²) in [6, 6.07) is 11.1. The molecule has 0 bridgehead atoms. The third-order valence-electron chi connectivity index (χ3n) is 5.51. The first-order chi connectivity index (χ1) is 17.1. The van der Waals surface area contributed by atoms with E-state index in [0.29, 0.717) is 10.8 Å². The van der Waals surface area contributed by atoms with Crippen molar-refractivity contribution in [2.45, 2.75) is 58.7 Å². The number of carbonyl (C=O) groups is 2. The average molecular weight is 573 g/mol. The molecule has 1 N–H and O–H groups in total. The summed E-state index contributed by atoms with van der Waals surface area (Å²) in [4.78, 5) is 27.8. The van der Waals surface area contributed by atoms with Crippen LogP contribution < -0.4 is 14.4 Å². The van der Waals surface area contributed by atoms with Crippen molar-refractivity contribution in [3.05, 3.63) is 58.1 Å². The van der Waals surface area contributed by atoms with Gasteiger partial charge in [0.05, 0.1) is 24.1 Å². The van der Waals surface area contributed by atoms with Crippen LogP contribution in [0.3, 0.4) is 0 Å². The Morgan fingerprint density at radius 3 is 2.24 bits per heavy atom. The highest BCUT2D eigenvalue weighted by Crippen LogP contribution is 2.31. The quantitative estimate of drug-likeness (QED) is 0.414. The Bertz CT molecular complexity index is 1200. The van der Waals surface area contributed by atoms with E-state index in [-0.39, 0.29) is 48.5 Å². The van der Waals surface area contributed by atoms with E-state index < -0.39 is 21.6 Å². The summed E-state index contributed by atoms with van der Waals surface area (Å²) < 4.78 is 31.3. The van der Waals surface area contributed by atoms with E-state index >= 15 is 0 Å². The zero-order valence-corrected chi connectivity index (χ0v) is 24.4. The van der Waals surface area contributed by atoms with Gasteiger partial charge in [0.1, 0.15) is 11.8 Å². The molecule has 0 aliphatic rings. The third kappa shape index (κ3) is 9.39. The van der Waals surface area contributed by atoms with Crippen molar-refractivity contribution in [2.24, 2.45) is 0 Å². The largest absolute Gasteiger partial charge is 0.497 e. The molecule has 2 aromatic rings. The van der Waals surface area contributed by atoms with Crippen LogP contribution in [0.4, 0.5) is 5.69 Å². The number of amides is 2. The maximum atomic E-state index is 13.4. The fraction of sp³-hybridized carbons (Fsp3) is 0.462. The van der Waals surface area contributed by atoms with E-state index in [1.54, 1.807) is 32.2 Å². The molecule has 0 saturated heterocycles. The van der Waals surface area contributed by atoms with Crippen LogP contribution in [0.2, 0.25) is 10.0 Å². The fourth-order valence-electron chi connectivity index (χ4n) is 3.64. The highest BCUT2D eigenvalue weighted by molar-refractivity contribution is 7.92. The molecule has 0 aliphatic heterocycles. The molecule has 204 valence electrons. The number of carbonyl (C=O) groups excluding carboxylic acids is 2. The van der Waals surface area contributed by atoms with Crippen molar-refractivity contribution in [1.29, 1.82) is 0 Å². The van der Waals surface area contributed by atoms with Crippen LogP contribution in [0.5, 0.6) is 5.75 Å². The number of hydrogen-bond donors (Lipinski definition) is 1. The highest BCUT2D eigenvalue weighted by Gasteiger charge is 2.29. The maximum Gasteiger partial charge on any atom is 0.242 e. The number of halogens is 2. The second kappa shape index (κ2) is 12.8. The van der Waals surface area contributed by atoms with Gasteiger partial charge in [0.2, 0.25) is 21.8 Å². The molecule has 2 aromatic carbocycles. The summed E-state index contributed by atoms with van der Waals surface area (Å²) >= 11 is 12.3. The molecule has 2 rings (SSSR count). The summed E-state index contributed by atoms with van der Waals surface area (Å²) in [5.74, 6) is 0.122. The van der Waals surface area contributed by atoms with Crippen molar-refractivity contribution < 1.29 is 22.7 Å². The van der Waals surface area contributed by atoms with Gasteiger partial charge >= 0.3 is 0 Å². The van der Waals surface area contributed by atoms with Gasteiger partial charge < -0.3 is 15.0 Å². The number of ether oxygens (including phenoxy) is 1. The van der Waals surface area contributed by atoms with Gasteiger partial charge in [0.15, 0.2) is 0 Å². The zero-order valence-electron chi connectivity index (χ0n) is 22.0. The van der Waals surface area contributed by atoms with Crippen LogP contribution >= 0.6 is 23.2 Å². The topological polar surface area (TPSA) is 96.0 Å². The molecule has 0 radical (unpaired) electrons. The summed E-state index contributed by atoms with van der Waals surface area (Å²) in [5.41, 5.74) is 0.608. The monoisotopic (exact) mass is 571 g/mol. The molecule has 0 unspecified atom stereocenters.